The predicted molar refractivity (Wildman–Crippen MR) is 209 cm³/mol. The summed E-state index contributed by atoms with van der Waals surface area (Å²) in [5, 5.41) is 13.4. The van der Waals surface area contributed by atoms with E-state index in [0.717, 1.165) is 52.2 Å². The van der Waals surface area contributed by atoms with Crippen LogP contribution in [0.1, 0.15) is 114 Å². The van der Waals surface area contributed by atoms with Crippen LogP contribution in [0.4, 0.5) is 0 Å². The van der Waals surface area contributed by atoms with Crippen molar-refractivity contribution in [3.05, 3.63) is 94.9 Å². The second kappa shape index (κ2) is 18.4. The van der Waals surface area contributed by atoms with Crippen LogP contribution in [-0.2, 0) is 24.9 Å². The molecule has 1 radical (unpaired) electrons. The molecule has 267 valence electrons. The van der Waals surface area contributed by atoms with Crippen LogP contribution in [-0.4, -0.2) is 20.9 Å². The van der Waals surface area contributed by atoms with Crippen molar-refractivity contribution in [2.45, 2.75) is 112 Å². The standard InChI is InChI=1S/C31H29N2S.C13H24O2.Ir/c1-19-15-20(2)28(21(3)16-19)31-33-27-13-14-32-29(30(27)34-31)24-17-23-11-7-8-12-25(23)26(18-24)22-9-5-4-6-10-22;1-5-10(6-2)12(14)9-13(15)11(7-3)8-4;/h7-8,11-16,18,22H,4-6,9-10H2,1-3H3;9-11,14H,5-8H2,1-4H3;/q-1;;/b;12-9-;. The fourth-order valence-corrected chi connectivity index (χ4v) is 8.83. The van der Waals surface area contributed by atoms with Crippen molar-refractivity contribution in [1.29, 1.82) is 0 Å². The number of aromatic nitrogens is 2. The van der Waals surface area contributed by atoms with Gasteiger partial charge in [-0.15, -0.1) is 40.5 Å². The van der Waals surface area contributed by atoms with Gasteiger partial charge < -0.3 is 5.11 Å². The average Bonchev–Trinajstić information content (AvgIpc) is 3.53. The Bertz CT molecular complexity index is 1910. The Morgan fingerprint density at radius 2 is 1.56 bits per heavy atom. The number of thiazole rings is 1. The van der Waals surface area contributed by atoms with Gasteiger partial charge in [-0.25, -0.2) is 4.98 Å². The summed E-state index contributed by atoms with van der Waals surface area (Å²) in [5.74, 6) is 1.17. The Balaban J connectivity index is 0.000000301. The normalized spacial score (nSPS) is 13.8. The van der Waals surface area contributed by atoms with E-state index in [1.807, 2.05) is 40.0 Å². The number of hydrogen-bond donors (Lipinski definition) is 1. The molecule has 2 aromatic heterocycles. The number of aliphatic hydroxyl groups excluding tert-OH is 1. The largest absolute Gasteiger partial charge is 0.512 e. The summed E-state index contributed by atoms with van der Waals surface area (Å²) in [5.41, 5.74) is 9.70. The van der Waals surface area contributed by atoms with Gasteiger partial charge in [0.25, 0.3) is 0 Å². The maximum absolute atomic E-state index is 11.7. The van der Waals surface area contributed by atoms with Crippen LogP contribution in [0.5, 0.6) is 0 Å². The van der Waals surface area contributed by atoms with Crippen molar-refractivity contribution in [2.24, 2.45) is 11.8 Å². The zero-order chi connectivity index (χ0) is 35.1. The number of carbonyl (C=O) groups excluding carboxylic acids is 1. The first kappa shape index (κ1) is 39.6. The maximum Gasteiger partial charge on any atom is 0.162 e. The second-order valence-electron chi connectivity index (χ2n) is 13.8. The summed E-state index contributed by atoms with van der Waals surface area (Å²) in [4.78, 5) is 21.7. The molecule has 0 spiro atoms. The zero-order valence-corrected chi connectivity index (χ0v) is 34.1. The molecule has 6 rings (SSSR count). The van der Waals surface area contributed by atoms with Crippen molar-refractivity contribution >= 4 is 38.1 Å². The van der Waals surface area contributed by atoms with Crippen molar-refractivity contribution in [2.75, 3.05) is 0 Å². The van der Waals surface area contributed by atoms with Gasteiger partial charge in [0, 0.05) is 60.2 Å². The molecule has 4 nitrogen and oxygen atoms in total. The number of carbonyl (C=O) groups is 1. The van der Waals surface area contributed by atoms with E-state index in [-0.39, 0.29) is 43.5 Å². The molecule has 0 atom stereocenters. The summed E-state index contributed by atoms with van der Waals surface area (Å²) < 4.78 is 1.15. The number of rotatable bonds is 10. The summed E-state index contributed by atoms with van der Waals surface area (Å²) in [7, 11) is 0. The van der Waals surface area contributed by atoms with Crippen LogP contribution in [0.2, 0.25) is 0 Å². The molecule has 5 aromatic rings. The molecule has 50 heavy (non-hydrogen) atoms. The van der Waals surface area contributed by atoms with Gasteiger partial charge in [0.15, 0.2) is 5.78 Å². The van der Waals surface area contributed by atoms with Crippen LogP contribution in [0.25, 0.3) is 42.8 Å². The SMILES string of the molecule is CCC(CC)C(=O)/C=C(\O)C(CC)CC.Cc1cc(C)c(-c2nc3ccnc(-c4[c-]c5ccccc5c(C5CCCCC5)c4)c3s2)c(C)c1.[Ir]. The summed E-state index contributed by atoms with van der Waals surface area (Å²) in [6, 6.07) is 21.4. The molecule has 2 heterocycles. The fraction of sp³-hybridized carbons (Fsp3) is 0.432. The Hall–Kier alpha value is -3.18. The Kier molecular flexibility index (Phi) is 14.5. The van der Waals surface area contributed by atoms with Crippen LogP contribution in [0.15, 0.2) is 66.6 Å². The summed E-state index contributed by atoms with van der Waals surface area (Å²) in [6.45, 7) is 14.6. The number of fused-ring (bicyclic) bond motifs is 2. The Labute approximate surface area is 317 Å². The molecule has 3 aromatic carbocycles. The molecular weight excluding hydrogens is 813 g/mol. The molecule has 1 aliphatic carbocycles. The van der Waals surface area contributed by atoms with Gasteiger partial charge in [0.05, 0.1) is 11.3 Å². The molecule has 1 fully saturated rings. The average molecular weight is 866 g/mol. The van der Waals surface area contributed by atoms with E-state index in [1.165, 1.54) is 76.8 Å². The second-order valence-corrected chi connectivity index (χ2v) is 14.8. The topological polar surface area (TPSA) is 63.1 Å². The monoisotopic (exact) mass is 866 g/mol. The number of ketones is 1. The van der Waals surface area contributed by atoms with Gasteiger partial charge in [0.1, 0.15) is 5.01 Å². The quantitative estimate of drug-likeness (QED) is 0.0863. The third-order valence-corrected chi connectivity index (χ3v) is 11.5. The van der Waals surface area contributed by atoms with Crippen molar-refractivity contribution < 1.29 is 30.0 Å². The summed E-state index contributed by atoms with van der Waals surface area (Å²) in [6.07, 6.45) is 13.4. The van der Waals surface area contributed by atoms with Crippen LogP contribution >= 0.6 is 11.3 Å². The van der Waals surface area contributed by atoms with Crippen molar-refractivity contribution in [3.63, 3.8) is 0 Å². The number of hydrogen-bond acceptors (Lipinski definition) is 5. The molecule has 1 N–H and O–H groups in total. The van der Waals surface area contributed by atoms with E-state index in [1.54, 1.807) is 11.3 Å². The van der Waals surface area contributed by atoms with Gasteiger partial charge in [-0.1, -0.05) is 93.8 Å². The molecule has 0 aliphatic heterocycles. The summed E-state index contributed by atoms with van der Waals surface area (Å²) >= 11 is 1.76. The van der Waals surface area contributed by atoms with E-state index in [0.29, 0.717) is 5.92 Å². The maximum atomic E-state index is 11.7. The number of allylic oxidation sites excluding steroid dienone is 2. The van der Waals surface area contributed by atoms with Gasteiger partial charge in [-0.05, 0) is 82.4 Å². The van der Waals surface area contributed by atoms with Crippen molar-refractivity contribution in [3.8, 4) is 21.8 Å². The third kappa shape index (κ3) is 8.99. The number of benzene rings is 3. The number of pyridine rings is 1. The molecule has 0 unspecified atom stereocenters. The Morgan fingerprint density at radius 1 is 0.920 bits per heavy atom. The predicted octanol–water partition coefficient (Wildman–Crippen LogP) is 12.8. The van der Waals surface area contributed by atoms with E-state index in [4.69, 9.17) is 9.97 Å². The minimum atomic E-state index is 0. The third-order valence-electron chi connectivity index (χ3n) is 10.4. The number of aliphatic hydroxyl groups is 1. The van der Waals surface area contributed by atoms with Crippen LogP contribution in [0, 0.1) is 38.7 Å². The van der Waals surface area contributed by atoms with Gasteiger partial charge in [-0.3, -0.25) is 9.78 Å². The minimum Gasteiger partial charge on any atom is -0.512 e. The smallest absolute Gasteiger partial charge is 0.162 e. The van der Waals surface area contributed by atoms with E-state index < -0.39 is 0 Å². The molecule has 1 saturated carbocycles. The molecule has 0 saturated heterocycles. The van der Waals surface area contributed by atoms with Crippen LogP contribution in [0.3, 0.4) is 0 Å². The molecule has 0 bridgehead atoms. The molecule has 6 heteroatoms. The van der Waals surface area contributed by atoms with Crippen molar-refractivity contribution in [1.82, 2.24) is 9.97 Å². The number of nitrogens with zero attached hydrogens (tertiary/aromatic N) is 2. The van der Waals surface area contributed by atoms with Gasteiger partial charge in [-0.2, -0.15) is 0 Å². The van der Waals surface area contributed by atoms with E-state index in [2.05, 4.69) is 69.3 Å². The first-order chi connectivity index (χ1) is 23.7. The van der Waals surface area contributed by atoms with Gasteiger partial charge in [0.2, 0.25) is 0 Å². The van der Waals surface area contributed by atoms with E-state index in [9.17, 15) is 9.90 Å². The molecule has 1 aliphatic rings. The van der Waals surface area contributed by atoms with Gasteiger partial charge >= 0.3 is 0 Å². The minimum absolute atomic E-state index is 0. The zero-order valence-electron chi connectivity index (χ0n) is 30.9. The fourth-order valence-electron chi connectivity index (χ4n) is 7.59. The number of aryl methyl sites for hydroxylation is 3. The first-order valence-corrected chi connectivity index (χ1v) is 19.2. The molecular formula is C44H53IrN2O2S-. The van der Waals surface area contributed by atoms with E-state index >= 15 is 0 Å². The van der Waals surface area contributed by atoms with Crippen LogP contribution < -0.4 is 0 Å². The first-order valence-electron chi connectivity index (χ1n) is 18.4. The Morgan fingerprint density at radius 3 is 2.20 bits per heavy atom. The molecule has 0 amide bonds.